The van der Waals surface area contributed by atoms with E-state index in [0.717, 1.165) is 0 Å². The Morgan fingerprint density at radius 2 is 2.08 bits per heavy atom. The number of hydrogen-bond acceptors (Lipinski definition) is 3. The van der Waals surface area contributed by atoms with Crippen LogP contribution in [0.2, 0.25) is 0 Å². The Bertz CT molecular complexity index is 200. The molecule has 0 aliphatic rings. The van der Waals surface area contributed by atoms with E-state index >= 15 is 0 Å². The third-order valence-corrected chi connectivity index (χ3v) is 3.55. The fourth-order valence-corrected chi connectivity index (χ4v) is 1.61. The number of rotatable bonds is 6. The van der Waals surface area contributed by atoms with Crippen molar-refractivity contribution >= 4 is 16.8 Å². The first-order chi connectivity index (χ1) is 5.92. The summed E-state index contributed by atoms with van der Waals surface area (Å²) in [6.45, 7) is 5.66. The zero-order valence-electron chi connectivity index (χ0n) is 8.20. The van der Waals surface area contributed by atoms with E-state index in [1.165, 1.54) is 13.8 Å². The monoisotopic (exact) mass is 208 g/mol. The van der Waals surface area contributed by atoms with Crippen LogP contribution < -0.4 is 0 Å². The van der Waals surface area contributed by atoms with Gasteiger partial charge >= 0.3 is 5.97 Å². The molecule has 0 spiro atoms. The van der Waals surface area contributed by atoms with Gasteiger partial charge in [-0.3, -0.25) is 9.00 Å². The van der Waals surface area contributed by atoms with Crippen molar-refractivity contribution < 1.29 is 18.8 Å². The molecule has 0 heterocycles. The van der Waals surface area contributed by atoms with Gasteiger partial charge in [0.2, 0.25) is 0 Å². The highest BCUT2D eigenvalue weighted by Crippen LogP contribution is 2.12. The van der Waals surface area contributed by atoms with Crippen molar-refractivity contribution in [3.8, 4) is 0 Å². The Labute approximate surface area is 80.7 Å². The number of carboxylic acids is 1. The van der Waals surface area contributed by atoms with Gasteiger partial charge in [0.15, 0.2) is 0 Å². The Morgan fingerprint density at radius 3 is 2.46 bits per heavy atom. The Morgan fingerprint density at radius 1 is 1.54 bits per heavy atom. The number of ether oxygens (including phenoxy) is 1. The van der Waals surface area contributed by atoms with Crippen LogP contribution in [0.15, 0.2) is 0 Å². The van der Waals surface area contributed by atoms with Crippen LogP contribution in [-0.2, 0) is 20.3 Å². The van der Waals surface area contributed by atoms with Crippen LogP contribution >= 0.6 is 0 Å². The summed E-state index contributed by atoms with van der Waals surface area (Å²) in [5.74, 6) is -0.769. The zero-order valence-corrected chi connectivity index (χ0v) is 9.02. The van der Waals surface area contributed by atoms with E-state index < -0.39 is 21.5 Å². The third kappa shape index (κ3) is 3.87. The van der Waals surface area contributed by atoms with E-state index in [4.69, 9.17) is 9.84 Å². The first-order valence-corrected chi connectivity index (χ1v) is 5.44. The SMILES string of the molecule is CCOCCS(=O)C(C)(C)C(=O)O. The highest BCUT2D eigenvalue weighted by molar-refractivity contribution is 7.87. The van der Waals surface area contributed by atoms with Gasteiger partial charge in [-0.25, -0.2) is 0 Å². The second-order valence-corrected chi connectivity index (χ2v) is 5.18. The fraction of sp³-hybridized carbons (Fsp3) is 0.875. The minimum atomic E-state index is -1.39. The second-order valence-electron chi connectivity index (χ2n) is 3.06. The van der Waals surface area contributed by atoms with Gasteiger partial charge in [0.25, 0.3) is 0 Å². The summed E-state index contributed by atoms with van der Waals surface area (Å²) in [6.07, 6.45) is 0. The van der Waals surface area contributed by atoms with Crippen molar-refractivity contribution in [1.82, 2.24) is 0 Å². The van der Waals surface area contributed by atoms with Gasteiger partial charge in [-0.2, -0.15) is 0 Å². The Kier molecular flexibility index (Phi) is 5.17. The number of aliphatic carboxylic acids is 1. The topological polar surface area (TPSA) is 63.6 Å². The molecule has 1 atom stereocenters. The summed E-state index contributed by atoms with van der Waals surface area (Å²) >= 11 is 0. The van der Waals surface area contributed by atoms with Gasteiger partial charge in [0.1, 0.15) is 4.75 Å². The third-order valence-electron chi connectivity index (χ3n) is 1.70. The molecule has 0 fully saturated rings. The molecule has 0 amide bonds. The first-order valence-electron chi connectivity index (χ1n) is 4.12. The largest absolute Gasteiger partial charge is 0.480 e. The molecule has 5 heteroatoms. The zero-order chi connectivity index (χ0) is 10.5. The summed E-state index contributed by atoms with van der Waals surface area (Å²) in [4.78, 5) is 10.7. The van der Waals surface area contributed by atoms with Gasteiger partial charge in [0.05, 0.1) is 6.61 Å². The van der Waals surface area contributed by atoms with Crippen molar-refractivity contribution in [3.05, 3.63) is 0 Å². The lowest BCUT2D eigenvalue weighted by molar-refractivity contribution is -0.139. The number of hydrogen-bond donors (Lipinski definition) is 1. The molecule has 78 valence electrons. The fourth-order valence-electron chi connectivity index (χ4n) is 0.631. The number of carboxylic acid groups (broad SMARTS) is 1. The smallest absolute Gasteiger partial charge is 0.321 e. The highest BCUT2D eigenvalue weighted by atomic mass is 32.2. The predicted octanol–water partition coefficient (Wildman–Crippen LogP) is 0.635. The molecule has 0 rings (SSSR count). The molecule has 13 heavy (non-hydrogen) atoms. The summed E-state index contributed by atoms with van der Waals surface area (Å²) in [5.41, 5.74) is 0. The normalized spacial score (nSPS) is 14.1. The molecule has 0 saturated carbocycles. The lowest BCUT2D eigenvalue weighted by Crippen LogP contribution is -2.38. The van der Waals surface area contributed by atoms with Crippen LogP contribution in [0.5, 0.6) is 0 Å². The van der Waals surface area contributed by atoms with Crippen molar-refractivity contribution in [3.63, 3.8) is 0 Å². The summed E-state index contributed by atoms with van der Waals surface area (Å²) in [6, 6.07) is 0. The Hall–Kier alpha value is -0.420. The van der Waals surface area contributed by atoms with Crippen LogP contribution in [0.25, 0.3) is 0 Å². The Balaban J connectivity index is 4.03. The molecule has 0 aromatic rings. The van der Waals surface area contributed by atoms with E-state index in [9.17, 15) is 9.00 Å². The van der Waals surface area contributed by atoms with Gasteiger partial charge in [0, 0.05) is 23.2 Å². The molecule has 0 aromatic heterocycles. The average Bonchev–Trinajstić information content (AvgIpc) is 2.04. The maximum absolute atomic E-state index is 11.4. The van der Waals surface area contributed by atoms with Crippen molar-refractivity contribution in [2.24, 2.45) is 0 Å². The van der Waals surface area contributed by atoms with Crippen LogP contribution in [0, 0.1) is 0 Å². The van der Waals surface area contributed by atoms with Crippen molar-refractivity contribution in [2.45, 2.75) is 25.5 Å². The number of carbonyl (C=O) groups is 1. The highest BCUT2D eigenvalue weighted by Gasteiger charge is 2.33. The molecule has 0 radical (unpaired) electrons. The molecule has 0 bridgehead atoms. The summed E-state index contributed by atoms with van der Waals surface area (Å²) in [5, 5.41) is 8.73. The minimum Gasteiger partial charge on any atom is -0.480 e. The van der Waals surface area contributed by atoms with Gasteiger partial charge in [-0.05, 0) is 20.8 Å². The standard InChI is InChI=1S/C8H16O4S/c1-4-12-5-6-13(11)8(2,3)7(9)10/h4-6H2,1-3H3,(H,9,10). The van der Waals surface area contributed by atoms with E-state index in [2.05, 4.69) is 0 Å². The molecule has 0 aliphatic carbocycles. The quantitative estimate of drug-likeness (QED) is 0.650. The summed E-state index contributed by atoms with van der Waals surface area (Å²) in [7, 11) is -1.39. The first kappa shape index (κ1) is 12.6. The molecule has 4 nitrogen and oxygen atoms in total. The van der Waals surface area contributed by atoms with E-state index in [-0.39, 0.29) is 5.75 Å². The lowest BCUT2D eigenvalue weighted by atomic mass is 10.2. The average molecular weight is 208 g/mol. The maximum Gasteiger partial charge on any atom is 0.321 e. The van der Waals surface area contributed by atoms with E-state index in [1.807, 2.05) is 6.92 Å². The van der Waals surface area contributed by atoms with Crippen LogP contribution in [-0.4, -0.2) is 39.0 Å². The van der Waals surface area contributed by atoms with Crippen molar-refractivity contribution in [2.75, 3.05) is 19.0 Å². The molecular weight excluding hydrogens is 192 g/mol. The van der Waals surface area contributed by atoms with Crippen LogP contribution in [0.1, 0.15) is 20.8 Å². The minimum absolute atomic E-state index is 0.271. The van der Waals surface area contributed by atoms with Crippen molar-refractivity contribution in [1.29, 1.82) is 0 Å². The van der Waals surface area contributed by atoms with Crippen LogP contribution in [0.4, 0.5) is 0 Å². The van der Waals surface area contributed by atoms with E-state index in [0.29, 0.717) is 13.2 Å². The molecule has 1 unspecified atom stereocenters. The molecule has 0 aromatic carbocycles. The summed E-state index contributed by atoms with van der Waals surface area (Å²) < 4.78 is 15.2. The van der Waals surface area contributed by atoms with E-state index in [1.54, 1.807) is 0 Å². The molecular formula is C8H16O4S. The molecule has 0 aliphatic heterocycles. The van der Waals surface area contributed by atoms with Gasteiger partial charge in [-0.1, -0.05) is 0 Å². The maximum atomic E-state index is 11.4. The van der Waals surface area contributed by atoms with Crippen LogP contribution in [0.3, 0.4) is 0 Å². The predicted molar refractivity (Wildman–Crippen MR) is 51.2 cm³/mol. The second kappa shape index (κ2) is 5.34. The van der Waals surface area contributed by atoms with Gasteiger partial charge in [-0.15, -0.1) is 0 Å². The lowest BCUT2D eigenvalue weighted by Gasteiger charge is -2.17. The molecule has 1 N–H and O–H groups in total. The van der Waals surface area contributed by atoms with Gasteiger partial charge < -0.3 is 9.84 Å². The molecule has 0 saturated heterocycles.